The summed E-state index contributed by atoms with van der Waals surface area (Å²) < 4.78 is 31.5. The minimum absolute atomic E-state index is 0.0229. The third kappa shape index (κ3) is 6.47. The number of hydrogen-bond acceptors (Lipinski definition) is 7. The van der Waals surface area contributed by atoms with Crippen molar-refractivity contribution in [2.24, 2.45) is 0 Å². The number of hydrogen-bond donors (Lipinski definition) is 2. The van der Waals surface area contributed by atoms with Gasteiger partial charge in [-0.3, -0.25) is 4.79 Å². The average molecular weight is 520 g/mol. The monoisotopic (exact) mass is 519 g/mol. The first-order valence-electron chi connectivity index (χ1n) is 12.8. The zero-order chi connectivity index (χ0) is 26.3. The van der Waals surface area contributed by atoms with E-state index < -0.39 is 36.9 Å². The second-order valence-electron chi connectivity index (χ2n) is 9.49. The van der Waals surface area contributed by atoms with Gasteiger partial charge < -0.3 is 34.1 Å². The van der Waals surface area contributed by atoms with Crippen LogP contribution in [0.3, 0.4) is 0 Å². The van der Waals surface area contributed by atoms with E-state index in [-0.39, 0.29) is 25.7 Å². The highest BCUT2D eigenvalue weighted by atomic mass is 16.7. The Kier molecular flexibility index (Phi) is 8.80. The van der Waals surface area contributed by atoms with Crippen LogP contribution in [0.5, 0.6) is 0 Å². The normalized spacial score (nSPS) is 26.9. The standard InChI is InChI=1S/C30H33NO7/c1-20(33)31-26-28(34-17-22-8-4-2-5-9-22)27-25(19-36-29(38-27)24-10-6-3-7-11-24)37-30(26)35-18-23-14-12-21(16-32)13-15-23/h2-15,25-30,32H,16-19H2,1H3,(H,31,33)/t25-,26-,27-,28-,29?,30-/m1/s1. The fourth-order valence-electron chi connectivity index (χ4n) is 4.77. The van der Waals surface area contributed by atoms with Crippen molar-refractivity contribution in [2.75, 3.05) is 6.61 Å². The molecule has 1 amide bonds. The highest BCUT2D eigenvalue weighted by molar-refractivity contribution is 5.73. The van der Waals surface area contributed by atoms with Crippen LogP contribution in [0, 0.1) is 0 Å². The lowest BCUT2D eigenvalue weighted by Gasteiger charge is -2.49. The second kappa shape index (κ2) is 12.6. The Morgan fingerprint density at radius 2 is 1.50 bits per heavy atom. The molecule has 2 aliphatic heterocycles. The summed E-state index contributed by atoms with van der Waals surface area (Å²) in [6.45, 7) is 2.31. The molecule has 8 heteroatoms. The number of carbonyl (C=O) groups excluding carboxylic acids is 1. The molecule has 0 aliphatic carbocycles. The van der Waals surface area contributed by atoms with Crippen molar-refractivity contribution in [3.8, 4) is 0 Å². The van der Waals surface area contributed by atoms with Gasteiger partial charge in [-0.1, -0.05) is 84.9 Å². The Labute approximate surface area is 222 Å². The minimum Gasteiger partial charge on any atom is -0.392 e. The van der Waals surface area contributed by atoms with E-state index in [1.165, 1.54) is 6.92 Å². The zero-order valence-electron chi connectivity index (χ0n) is 21.3. The molecule has 2 N–H and O–H groups in total. The lowest BCUT2D eigenvalue weighted by atomic mass is 9.95. The van der Waals surface area contributed by atoms with E-state index in [0.717, 1.165) is 22.3 Å². The molecule has 3 aromatic carbocycles. The molecule has 8 nitrogen and oxygen atoms in total. The molecule has 0 radical (unpaired) electrons. The van der Waals surface area contributed by atoms with Crippen LogP contribution in [0.4, 0.5) is 0 Å². The van der Waals surface area contributed by atoms with Crippen molar-refractivity contribution in [3.05, 3.63) is 107 Å². The molecule has 3 aromatic rings. The number of fused-ring (bicyclic) bond motifs is 1. The van der Waals surface area contributed by atoms with Crippen LogP contribution < -0.4 is 5.32 Å². The number of nitrogens with one attached hydrogen (secondary N) is 1. The third-order valence-electron chi connectivity index (χ3n) is 6.69. The van der Waals surface area contributed by atoms with Crippen LogP contribution in [-0.2, 0) is 48.3 Å². The fraction of sp³-hybridized carbons (Fsp3) is 0.367. The van der Waals surface area contributed by atoms with E-state index in [2.05, 4.69) is 5.32 Å². The van der Waals surface area contributed by atoms with Gasteiger partial charge in [-0.15, -0.1) is 0 Å². The van der Waals surface area contributed by atoms with Crippen LogP contribution in [-0.4, -0.2) is 48.3 Å². The van der Waals surface area contributed by atoms with Gasteiger partial charge in [0.25, 0.3) is 0 Å². The molecule has 1 unspecified atom stereocenters. The second-order valence-corrected chi connectivity index (χ2v) is 9.49. The molecule has 2 fully saturated rings. The van der Waals surface area contributed by atoms with Crippen molar-refractivity contribution >= 4 is 5.91 Å². The van der Waals surface area contributed by atoms with Crippen molar-refractivity contribution in [1.29, 1.82) is 0 Å². The summed E-state index contributed by atoms with van der Waals surface area (Å²) in [4.78, 5) is 12.3. The van der Waals surface area contributed by atoms with E-state index in [9.17, 15) is 9.90 Å². The number of ether oxygens (including phenoxy) is 5. The Morgan fingerprint density at radius 1 is 0.868 bits per heavy atom. The molecule has 0 aromatic heterocycles. The van der Waals surface area contributed by atoms with Gasteiger partial charge in [-0.05, 0) is 16.7 Å². The largest absolute Gasteiger partial charge is 0.392 e. The van der Waals surface area contributed by atoms with Crippen molar-refractivity contribution < 1.29 is 33.6 Å². The van der Waals surface area contributed by atoms with E-state index in [4.69, 9.17) is 23.7 Å². The average Bonchev–Trinajstić information content (AvgIpc) is 2.96. The lowest BCUT2D eigenvalue weighted by molar-refractivity contribution is -0.350. The number of rotatable bonds is 9. The maximum absolute atomic E-state index is 12.3. The summed E-state index contributed by atoms with van der Waals surface area (Å²) in [6, 6.07) is 26.4. The molecule has 0 saturated carbocycles. The molecule has 6 atom stereocenters. The quantitative estimate of drug-likeness (QED) is 0.446. The maximum Gasteiger partial charge on any atom is 0.217 e. The lowest BCUT2D eigenvalue weighted by Crippen LogP contribution is -2.67. The highest BCUT2D eigenvalue weighted by Crippen LogP contribution is 2.36. The summed E-state index contributed by atoms with van der Waals surface area (Å²) in [6.07, 6.45) is -2.89. The predicted molar refractivity (Wildman–Crippen MR) is 138 cm³/mol. The first kappa shape index (κ1) is 26.5. The number of aliphatic hydroxyl groups excluding tert-OH is 1. The third-order valence-corrected chi connectivity index (χ3v) is 6.69. The number of carbonyl (C=O) groups is 1. The van der Waals surface area contributed by atoms with E-state index in [1.54, 1.807) is 0 Å². The summed E-state index contributed by atoms with van der Waals surface area (Å²) in [5.41, 5.74) is 3.63. The van der Waals surface area contributed by atoms with Crippen LogP contribution in [0.2, 0.25) is 0 Å². The molecule has 200 valence electrons. The molecule has 38 heavy (non-hydrogen) atoms. The molecular formula is C30H33NO7. The van der Waals surface area contributed by atoms with Crippen LogP contribution in [0.25, 0.3) is 0 Å². The molecule has 0 bridgehead atoms. The van der Waals surface area contributed by atoms with Gasteiger partial charge in [0.2, 0.25) is 5.91 Å². The van der Waals surface area contributed by atoms with Crippen LogP contribution in [0.1, 0.15) is 35.5 Å². The van der Waals surface area contributed by atoms with Gasteiger partial charge in [0, 0.05) is 12.5 Å². The minimum atomic E-state index is -0.793. The summed E-state index contributed by atoms with van der Waals surface area (Å²) in [5.74, 6) is -0.224. The number of amides is 1. The summed E-state index contributed by atoms with van der Waals surface area (Å²) >= 11 is 0. The Bertz CT molecular complexity index is 1160. The van der Waals surface area contributed by atoms with Crippen LogP contribution in [0.15, 0.2) is 84.9 Å². The molecule has 2 heterocycles. The van der Waals surface area contributed by atoms with Gasteiger partial charge in [-0.2, -0.15) is 0 Å². The maximum atomic E-state index is 12.3. The van der Waals surface area contributed by atoms with Gasteiger partial charge in [0.15, 0.2) is 12.6 Å². The first-order chi connectivity index (χ1) is 18.6. The first-order valence-corrected chi connectivity index (χ1v) is 12.8. The molecule has 2 aliphatic rings. The van der Waals surface area contributed by atoms with Gasteiger partial charge >= 0.3 is 0 Å². The van der Waals surface area contributed by atoms with Gasteiger partial charge in [0.1, 0.15) is 24.4 Å². The predicted octanol–water partition coefficient (Wildman–Crippen LogP) is 3.62. The van der Waals surface area contributed by atoms with Crippen molar-refractivity contribution in [2.45, 2.75) is 63.7 Å². The summed E-state index contributed by atoms with van der Waals surface area (Å²) in [5, 5.41) is 12.3. The fourth-order valence-corrected chi connectivity index (χ4v) is 4.77. The van der Waals surface area contributed by atoms with Crippen molar-refractivity contribution in [3.63, 3.8) is 0 Å². The zero-order valence-corrected chi connectivity index (χ0v) is 21.3. The molecule has 0 spiro atoms. The van der Waals surface area contributed by atoms with E-state index in [1.807, 2.05) is 84.9 Å². The van der Waals surface area contributed by atoms with E-state index in [0.29, 0.717) is 6.61 Å². The molecular weight excluding hydrogens is 486 g/mol. The Hall–Kier alpha value is -3.11. The van der Waals surface area contributed by atoms with E-state index >= 15 is 0 Å². The Balaban J connectivity index is 1.38. The number of aliphatic hydroxyl groups is 1. The van der Waals surface area contributed by atoms with Gasteiger partial charge in [0.05, 0.1) is 26.4 Å². The molecule has 2 saturated heterocycles. The molecule has 5 rings (SSSR count). The smallest absolute Gasteiger partial charge is 0.217 e. The number of benzene rings is 3. The van der Waals surface area contributed by atoms with Gasteiger partial charge in [-0.25, -0.2) is 0 Å². The SMILES string of the molecule is CC(=O)N[C@H]1[C@H](OCc2ccc(CO)cc2)O[C@@H]2COC(c3ccccc3)O[C@H]2[C@@H]1OCc1ccccc1. The summed E-state index contributed by atoms with van der Waals surface area (Å²) in [7, 11) is 0. The van der Waals surface area contributed by atoms with Crippen molar-refractivity contribution in [1.82, 2.24) is 5.32 Å². The van der Waals surface area contributed by atoms with Crippen LogP contribution >= 0.6 is 0 Å². The highest BCUT2D eigenvalue weighted by Gasteiger charge is 2.51. The Morgan fingerprint density at radius 3 is 2.18 bits per heavy atom. The topological polar surface area (TPSA) is 95.5 Å².